The van der Waals surface area contributed by atoms with Crippen LogP contribution >= 0.6 is 0 Å². The topological polar surface area (TPSA) is 28.7 Å². The van der Waals surface area contributed by atoms with Crippen LogP contribution in [-0.2, 0) is 44.8 Å². The molecule has 0 saturated carbocycles. The number of aromatic amines is 1. The summed E-state index contributed by atoms with van der Waals surface area (Å²) in [5, 5.41) is 0. The molecule has 0 atom stereocenters. The molecule has 2 rings (SSSR count). The van der Waals surface area contributed by atoms with Gasteiger partial charge in [0.1, 0.15) is 0 Å². The van der Waals surface area contributed by atoms with E-state index >= 15 is 0 Å². The van der Waals surface area contributed by atoms with Crippen LogP contribution in [0.3, 0.4) is 0 Å². The van der Waals surface area contributed by atoms with E-state index in [1.807, 2.05) is 24.3 Å². The van der Waals surface area contributed by atoms with Crippen molar-refractivity contribution < 1.29 is 44.8 Å². The summed E-state index contributed by atoms with van der Waals surface area (Å²) in [6.07, 6.45) is 1.70. The zero-order valence-electron chi connectivity index (χ0n) is 5.44. The van der Waals surface area contributed by atoms with Crippen LogP contribution < -0.4 is 0 Å². The number of nitrogens with zero attached hydrogens (tertiary/aromatic N) is 1. The average Bonchev–Trinajstić information content (AvgIpc) is 2.33. The number of fused-ring (bicyclic) bond motifs is 1. The average molecular weight is 334 g/mol. The Morgan fingerprint density at radius 2 is 1.82 bits per heavy atom. The number of hydrogen-bond acceptors (Lipinski definition) is 1. The molecule has 0 aliphatic rings. The number of aromatic nitrogens is 2. The minimum absolute atomic E-state index is 0. The molecule has 2 aromatic rings. The molecule has 0 amide bonds. The van der Waals surface area contributed by atoms with Crippen LogP contribution in [-0.4, -0.2) is 9.97 Å². The molecule has 1 aromatic carbocycles. The van der Waals surface area contributed by atoms with Crippen molar-refractivity contribution >= 4 is 11.0 Å². The number of para-hydroxylation sites is 2. The van der Waals surface area contributed by atoms with Crippen LogP contribution in [0.4, 0.5) is 0 Å². The van der Waals surface area contributed by atoms with Gasteiger partial charge in [0.25, 0.3) is 0 Å². The number of H-pyrrole nitrogens is 1. The second-order valence-corrected chi connectivity index (χ2v) is 1.92. The Balaban J connectivity index is 0.000000500. The summed E-state index contributed by atoms with van der Waals surface area (Å²) in [6, 6.07) is 7.94. The summed E-state index contributed by atoms with van der Waals surface area (Å²) in [6.45, 7) is 0. The van der Waals surface area contributed by atoms with Gasteiger partial charge < -0.3 is 4.98 Å². The monoisotopic (exact) mass is 332 g/mol. The van der Waals surface area contributed by atoms with Crippen molar-refractivity contribution in [2.24, 2.45) is 0 Å². The molecule has 0 spiro atoms. The smallest absolute Gasteiger partial charge is 0.0931 e. The van der Waals surface area contributed by atoms with Crippen LogP contribution in [0.2, 0.25) is 0 Å². The molecule has 0 fully saturated rings. The first kappa shape index (κ1) is 11.2. The second-order valence-electron chi connectivity index (χ2n) is 1.92. The molecule has 0 unspecified atom stereocenters. The minimum Gasteiger partial charge on any atom is -0.345 e. The summed E-state index contributed by atoms with van der Waals surface area (Å²) in [5.74, 6) is 0. The quantitative estimate of drug-likeness (QED) is 0.728. The molecule has 66 valence electrons. The minimum atomic E-state index is 0. The van der Waals surface area contributed by atoms with E-state index in [1.165, 1.54) is 0 Å². The Hall–Kier alpha value is 0.171. The first-order chi connectivity index (χ1) is 4.47. The Morgan fingerprint density at radius 1 is 1.09 bits per heavy atom. The Morgan fingerprint density at radius 3 is 2.55 bits per heavy atom. The molecular formula is C7H6Ag2N2. The normalized spacial score (nSPS) is 8.36. The summed E-state index contributed by atoms with van der Waals surface area (Å²) in [5.41, 5.74) is 2.12. The largest absolute Gasteiger partial charge is 0.345 e. The number of imidazole rings is 1. The van der Waals surface area contributed by atoms with Gasteiger partial charge in [0.05, 0.1) is 17.4 Å². The first-order valence-corrected chi connectivity index (χ1v) is 2.85. The van der Waals surface area contributed by atoms with Crippen LogP contribution in [0.15, 0.2) is 30.6 Å². The van der Waals surface area contributed by atoms with Crippen LogP contribution in [0.25, 0.3) is 11.0 Å². The molecule has 0 saturated heterocycles. The fraction of sp³-hybridized carbons (Fsp3) is 0. The molecule has 0 aliphatic carbocycles. The van der Waals surface area contributed by atoms with Gasteiger partial charge in [0.15, 0.2) is 0 Å². The summed E-state index contributed by atoms with van der Waals surface area (Å²) < 4.78 is 0. The van der Waals surface area contributed by atoms with E-state index in [1.54, 1.807) is 6.33 Å². The molecule has 2 radical (unpaired) electrons. The molecule has 1 heterocycles. The maximum Gasteiger partial charge on any atom is 0.0931 e. The van der Waals surface area contributed by atoms with Crippen molar-refractivity contribution in [3.63, 3.8) is 0 Å². The van der Waals surface area contributed by atoms with E-state index in [0.29, 0.717) is 0 Å². The molecule has 0 bridgehead atoms. The zero-order chi connectivity index (χ0) is 6.10. The van der Waals surface area contributed by atoms with Crippen molar-refractivity contribution in [3.8, 4) is 0 Å². The van der Waals surface area contributed by atoms with Crippen molar-refractivity contribution in [1.82, 2.24) is 9.97 Å². The van der Waals surface area contributed by atoms with Crippen LogP contribution in [0.5, 0.6) is 0 Å². The van der Waals surface area contributed by atoms with Crippen molar-refractivity contribution in [2.45, 2.75) is 0 Å². The second kappa shape index (κ2) is 4.93. The summed E-state index contributed by atoms with van der Waals surface area (Å²) in [7, 11) is 0. The van der Waals surface area contributed by atoms with E-state index < -0.39 is 0 Å². The van der Waals surface area contributed by atoms with Gasteiger partial charge in [-0.05, 0) is 12.1 Å². The van der Waals surface area contributed by atoms with Crippen LogP contribution in [0.1, 0.15) is 0 Å². The fourth-order valence-electron chi connectivity index (χ4n) is 0.880. The number of nitrogens with one attached hydrogen (secondary N) is 1. The van der Waals surface area contributed by atoms with E-state index in [9.17, 15) is 0 Å². The van der Waals surface area contributed by atoms with Gasteiger partial charge in [0.2, 0.25) is 0 Å². The van der Waals surface area contributed by atoms with Gasteiger partial charge >= 0.3 is 0 Å². The summed E-state index contributed by atoms with van der Waals surface area (Å²) in [4.78, 5) is 7.07. The molecule has 1 N–H and O–H groups in total. The van der Waals surface area contributed by atoms with E-state index in [2.05, 4.69) is 9.97 Å². The Kier molecular flexibility index (Phi) is 5.01. The number of benzene rings is 1. The van der Waals surface area contributed by atoms with Gasteiger partial charge in [-0.1, -0.05) is 12.1 Å². The van der Waals surface area contributed by atoms with Crippen LogP contribution in [0, 0.1) is 0 Å². The van der Waals surface area contributed by atoms with Gasteiger partial charge in [-0.3, -0.25) is 0 Å². The zero-order valence-corrected chi connectivity index (χ0v) is 8.40. The van der Waals surface area contributed by atoms with E-state index in [4.69, 9.17) is 0 Å². The van der Waals surface area contributed by atoms with E-state index in [-0.39, 0.29) is 44.8 Å². The summed E-state index contributed by atoms with van der Waals surface area (Å²) >= 11 is 0. The standard InChI is InChI=1S/C7H6N2.2Ag/c1-2-4-7-6(3-1)8-5-9-7;;/h1-5H,(H,8,9);;. The van der Waals surface area contributed by atoms with Crippen molar-refractivity contribution in [2.75, 3.05) is 0 Å². The van der Waals surface area contributed by atoms with Crippen molar-refractivity contribution in [1.29, 1.82) is 0 Å². The molecule has 2 nitrogen and oxygen atoms in total. The SMILES string of the molecule is [Ag].[Ag].c1ccc2[nH]cnc2c1. The van der Waals surface area contributed by atoms with Gasteiger partial charge in [-0.25, -0.2) is 4.98 Å². The maximum atomic E-state index is 4.06. The van der Waals surface area contributed by atoms with E-state index in [0.717, 1.165) is 11.0 Å². The Bertz CT molecular complexity index is 288. The predicted octanol–water partition coefficient (Wildman–Crippen LogP) is 1.56. The first-order valence-electron chi connectivity index (χ1n) is 2.85. The fourth-order valence-corrected chi connectivity index (χ4v) is 0.880. The molecular weight excluding hydrogens is 328 g/mol. The van der Waals surface area contributed by atoms with Crippen molar-refractivity contribution in [3.05, 3.63) is 30.6 Å². The number of hydrogen-bond donors (Lipinski definition) is 1. The van der Waals surface area contributed by atoms with Gasteiger partial charge in [-0.2, -0.15) is 0 Å². The maximum absolute atomic E-state index is 4.06. The third-order valence-corrected chi connectivity index (χ3v) is 1.33. The van der Waals surface area contributed by atoms with Gasteiger partial charge in [-0.15, -0.1) is 0 Å². The third kappa shape index (κ3) is 2.30. The molecule has 4 heteroatoms. The Labute approximate surface area is 95.8 Å². The molecule has 0 aliphatic heterocycles. The molecule has 1 aromatic heterocycles. The number of rotatable bonds is 0. The third-order valence-electron chi connectivity index (χ3n) is 1.33. The van der Waals surface area contributed by atoms with Gasteiger partial charge in [0, 0.05) is 44.8 Å². The molecule has 11 heavy (non-hydrogen) atoms. The predicted molar refractivity (Wildman–Crippen MR) is 36.1 cm³/mol.